The second kappa shape index (κ2) is 11.2. The number of benzene rings is 2. The maximum atomic E-state index is 12.9. The van der Waals surface area contributed by atoms with E-state index in [1.165, 1.54) is 17.3 Å². The van der Waals surface area contributed by atoms with Crippen molar-refractivity contribution in [1.29, 1.82) is 5.26 Å². The highest BCUT2D eigenvalue weighted by atomic mass is 32.2. The molecular weight excluding hydrogens is 438 g/mol. The molecule has 172 valence electrons. The maximum absolute atomic E-state index is 12.9. The number of pyridine rings is 1. The number of carbonyl (C=O) groups excluding carboxylic acids is 1. The fourth-order valence-corrected chi connectivity index (χ4v) is 5.25. The van der Waals surface area contributed by atoms with E-state index in [-0.39, 0.29) is 11.7 Å². The monoisotopic (exact) mass is 467 g/mol. The van der Waals surface area contributed by atoms with E-state index in [4.69, 9.17) is 4.98 Å². The molecule has 1 aliphatic rings. The van der Waals surface area contributed by atoms with Crippen molar-refractivity contribution in [2.24, 2.45) is 0 Å². The van der Waals surface area contributed by atoms with E-state index in [1.54, 1.807) is 0 Å². The zero-order valence-electron chi connectivity index (χ0n) is 19.7. The molecule has 1 aliphatic carbocycles. The molecule has 0 bridgehead atoms. The second-order valence-electron chi connectivity index (χ2n) is 8.34. The van der Waals surface area contributed by atoms with Crippen LogP contribution in [0.1, 0.15) is 59.3 Å². The Kier molecular flexibility index (Phi) is 7.82. The van der Waals surface area contributed by atoms with Crippen LogP contribution in [0.25, 0.3) is 12.2 Å². The van der Waals surface area contributed by atoms with Gasteiger partial charge in [-0.05, 0) is 59.9 Å². The van der Waals surface area contributed by atoms with Crippen LogP contribution in [-0.2, 0) is 30.5 Å². The fraction of sp³-hybridized carbons (Fsp3) is 0.276. The normalized spacial score (nSPS) is 12.5. The van der Waals surface area contributed by atoms with Crippen LogP contribution in [0.15, 0.2) is 53.6 Å². The Labute approximate surface area is 206 Å². The van der Waals surface area contributed by atoms with Crippen molar-refractivity contribution in [3.05, 3.63) is 87.6 Å². The number of nitrogens with zero attached hydrogens (tertiary/aromatic N) is 2. The Morgan fingerprint density at radius 3 is 2.47 bits per heavy atom. The standard InChI is InChI=1S/C29H29N3OS/c1-3-21-12-8-13-22(4-2)28(21)32-27(33)19-34-29-25(18-30)23(24-14-9-15-26(24)31-29)17-16-20-10-6-5-7-11-20/h5-8,10-13,16-17H,3-4,9,14-15,19H2,1-2H3,(H,32,33)/b17-16-. The van der Waals surface area contributed by atoms with E-state index in [0.29, 0.717) is 10.6 Å². The largest absolute Gasteiger partial charge is 0.325 e. The van der Waals surface area contributed by atoms with Gasteiger partial charge in [0, 0.05) is 11.4 Å². The van der Waals surface area contributed by atoms with E-state index in [0.717, 1.165) is 65.7 Å². The number of rotatable bonds is 8. The summed E-state index contributed by atoms with van der Waals surface area (Å²) in [4.78, 5) is 17.7. The van der Waals surface area contributed by atoms with Gasteiger partial charge >= 0.3 is 0 Å². The Morgan fingerprint density at radius 1 is 1.06 bits per heavy atom. The minimum absolute atomic E-state index is 0.0758. The highest BCUT2D eigenvalue weighted by Gasteiger charge is 2.22. The Bertz CT molecular complexity index is 1240. The first-order valence-corrected chi connectivity index (χ1v) is 12.9. The highest BCUT2D eigenvalue weighted by molar-refractivity contribution is 8.00. The van der Waals surface area contributed by atoms with Gasteiger partial charge in [-0.25, -0.2) is 4.98 Å². The van der Waals surface area contributed by atoms with Gasteiger partial charge in [0.2, 0.25) is 5.91 Å². The zero-order valence-corrected chi connectivity index (χ0v) is 20.5. The van der Waals surface area contributed by atoms with Crippen molar-refractivity contribution in [3.63, 3.8) is 0 Å². The number of aromatic nitrogens is 1. The predicted octanol–water partition coefficient (Wildman–Crippen LogP) is 6.47. The van der Waals surface area contributed by atoms with Gasteiger partial charge in [-0.1, -0.05) is 86.3 Å². The smallest absolute Gasteiger partial charge is 0.234 e. The topological polar surface area (TPSA) is 65.8 Å². The van der Waals surface area contributed by atoms with Gasteiger partial charge in [0.15, 0.2) is 0 Å². The van der Waals surface area contributed by atoms with Crippen molar-refractivity contribution in [1.82, 2.24) is 4.98 Å². The summed E-state index contributed by atoms with van der Waals surface area (Å²) in [7, 11) is 0. The molecule has 0 unspecified atom stereocenters. The molecule has 0 radical (unpaired) electrons. The summed E-state index contributed by atoms with van der Waals surface area (Å²) in [6.07, 6.45) is 8.69. The van der Waals surface area contributed by atoms with Gasteiger partial charge in [0.25, 0.3) is 0 Å². The van der Waals surface area contributed by atoms with Crippen LogP contribution in [0.5, 0.6) is 0 Å². The van der Waals surface area contributed by atoms with Gasteiger partial charge in [0.1, 0.15) is 11.1 Å². The molecule has 0 fully saturated rings. The summed E-state index contributed by atoms with van der Waals surface area (Å²) in [5.41, 5.74) is 8.02. The Balaban J connectivity index is 1.58. The van der Waals surface area contributed by atoms with E-state index in [1.807, 2.05) is 48.6 Å². The van der Waals surface area contributed by atoms with Gasteiger partial charge in [0.05, 0.1) is 11.3 Å². The number of anilines is 1. The summed E-state index contributed by atoms with van der Waals surface area (Å²) >= 11 is 1.35. The molecule has 1 aromatic heterocycles. The van der Waals surface area contributed by atoms with Crippen LogP contribution in [0.4, 0.5) is 5.69 Å². The number of aryl methyl sites for hydroxylation is 3. The molecule has 4 nitrogen and oxygen atoms in total. The summed E-state index contributed by atoms with van der Waals surface area (Å²) in [6, 6.07) is 18.6. The molecule has 5 heteroatoms. The van der Waals surface area contributed by atoms with Crippen LogP contribution in [-0.4, -0.2) is 16.6 Å². The second-order valence-corrected chi connectivity index (χ2v) is 9.30. The summed E-state index contributed by atoms with van der Waals surface area (Å²) in [5.74, 6) is 0.136. The molecule has 0 atom stereocenters. The average Bonchev–Trinajstić information content (AvgIpc) is 3.34. The molecule has 1 amide bonds. The lowest BCUT2D eigenvalue weighted by molar-refractivity contribution is -0.113. The number of thioether (sulfide) groups is 1. The first kappa shape index (κ1) is 23.8. The van der Waals surface area contributed by atoms with E-state index in [2.05, 4.69) is 37.4 Å². The van der Waals surface area contributed by atoms with E-state index >= 15 is 0 Å². The number of nitrogens with one attached hydrogen (secondary N) is 1. The Morgan fingerprint density at radius 2 is 1.79 bits per heavy atom. The molecule has 0 aliphatic heterocycles. The van der Waals surface area contributed by atoms with Gasteiger partial charge in [-0.15, -0.1) is 0 Å². The number of para-hydroxylation sites is 1. The lowest BCUT2D eigenvalue weighted by atomic mass is 10.0. The molecule has 0 saturated heterocycles. The van der Waals surface area contributed by atoms with Crippen molar-refractivity contribution in [3.8, 4) is 6.07 Å². The molecule has 3 aromatic rings. The third-order valence-electron chi connectivity index (χ3n) is 6.19. The van der Waals surface area contributed by atoms with Gasteiger partial charge < -0.3 is 5.32 Å². The summed E-state index contributed by atoms with van der Waals surface area (Å²) in [6.45, 7) is 4.19. The molecule has 0 spiro atoms. The van der Waals surface area contributed by atoms with Crippen LogP contribution < -0.4 is 5.32 Å². The minimum atomic E-state index is -0.0758. The first-order valence-electron chi connectivity index (χ1n) is 11.9. The number of amides is 1. The SMILES string of the molecule is CCc1cccc(CC)c1NC(=O)CSc1nc2c(c(/C=C\c3ccccc3)c1C#N)CCC2. The van der Waals surface area contributed by atoms with Crippen molar-refractivity contribution >= 4 is 35.5 Å². The molecular formula is C29H29N3OS. The number of hydrogen-bond donors (Lipinski definition) is 1. The molecule has 4 rings (SSSR count). The average molecular weight is 468 g/mol. The number of hydrogen-bond acceptors (Lipinski definition) is 4. The van der Waals surface area contributed by atoms with E-state index < -0.39 is 0 Å². The molecule has 34 heavy (non-hydrogen) atoms. The summed E-state index contributed by atoms with van der Waals surface area (Å²) < 4.78 is 0. The van der Waals surface area contributed by atoms with Crippen molar-refractivity contribution in [2.45, 2.75) is 51.0 Å². The van der Waals surface area contributed by atoms with Crippen LogP contribution in [0, 0.1) is 11.3 Å². The minimum Gasteiger partial charge on any atom is -0.325 e. The Hall–Kier alpha value is -3.36. The van der Waals surface area contributed by atoms with E-state index in [9.17, 15) is 10.1 Å². The fourth-order valence-electron chi connectivity index (χ4n) is 4.44. The molecule has 1 N–H and O–H groups in total. The van der Waals surface area contributed by atoms with Gasteiger partial charge in [-0.2, -0.15) is 5.26 Å². The molecule has 0 saturated carbocycles. The zero-order chi connectivity index (χ0) is 23.9. The molecule has 2 aromatic carbocycles. The number of fused-ring (bicyclic) bond motifs is 1. The van der Waals surface area contributed by atoms with Crippen LogP contribution in [0.2, 0.25) is 0 Å². The third kappa shape index (κ3) is 5.24. The molecule has 1 heterocycles. The lowest BCUT2D eigenvalue weighted by Crippen LogP contribution is -2.17. The maximum Gasteiger partial charge on any atom is 0.234 e. The lowest BCUT2D eigenvalue weighted by Gasteiger charge is -2.15. The summed E-state index contributed by atoms with van der Waals surface area (Å²) in [5, 5.41) is 13.8. The van der Waals surface area contributed by atoms with Crippen molar-refractivity contribution < 1.29 is 4.79 Å². The van der Waals surface area contributed by atoms with Crippen LogP contribution >= 0.6 is 11.8 Å². The van der Waals surface area contributed by atoms with Crippen LogP contribution in [0.3, 0.4) is 0 Å². The quantitative estimate of drug-likeness (QED) is 0.386. The highest BCUT2D eigenvalue weighted by Crippen LogP contribution is 2.34. The predicted molar refractivity (Wildman–Crippen MR) is 141 cm³/mol. The number of nitriles is 1. The number of carbonyl (C=O) groups is 1. The van der Waals surface area contributed by atoms with Gasteiger partial charge in [-0.3, -0.25) is 4.79 Å². The third-order valence-corrected chi connectivity index (χ3v) is 7.17. The van der Waals surface area contributed by atoms with Crippen molar-refractivity contribution in [2.75, 3.05) is 11.1 Å². The first-order chi connectivity index (χ1) is 16.6.